The lowest BCUT2D eigenvalue weighted by Gasteiger charge is -2.05. The van der Waals surface area contributed by atoms with Gasteiger partial charge in [0.15, 0.2) is 0 Å². The minimum atomic E-state index is -0.277. The Morgan fingerprint density at radius 1 is 1.14 bits per heavy atom. The average molecular weight is 387 g/mol. The first kappa shape index (κ1) is 16.7. The summed E-state index contributed by atoms with van der Waals surface area (Å²) in [5, 5.41) is 6.58. The molecule has 0 atom stereocenters. The molecule has 0 saturated heterocycles. The van der Waals surface area contributed by atoms with Gasteiger partial charge >= 0.3 is 0 Å². The largest absolute Gasteiger partial charge is 0.339 e. The zero-order chi connectivity index (χ0) is 19.1. The van der Waals surface area contributed by atoms with Crippen LogP contribution in [0.4, 0.5) is 5.95 Å². The third kappa shape index (κ3) is 2.76. The number of thiazole rings is 1. The van der Waals surface area contributed by atoms with Crippen molar-refractivity contribution in [2.75, 3.05) is 5.32 Å². The average Bonchev–Trinajstić information content (AvgIpc) is 3.43. The fourth-order valence-electron chi connectivity index (χ4n) is 3.41. The van der Waals surface area contributed by atoms with E-state index < -0.39 is 0 Å². The van der Waals surface area contributed by atoms with Crippen LogP contribution in [0.3, 0.4) is 0 Å². The van der Waals surface area contributed by atoms with Gasteiger partial charge in [0.05, 0.1) is 16.7 Å². The number of carbonyl (C=O) groups excluding carboxylic acids is 1. The van der Waals surface area contributed by atoms with Gasteiger partial charge in [-0.05, 0) is 31.2 Å². The van der Waals surface area contributed by atoms with E-state index in [-0.39, 0.29) is 5.91 Å². The number of aryl methyl sites for hydroxylation is 1. The van der Waals surface area contributed by atoms with Gasteiger partial charge in [-0.15, -0.1) is 11.3 Å². The Morgan fingerprint density at radius 2 is 1.96 bits per heavy atom. The number of carbonyl (C=O) groups is 1. The van der Waals surface area contributed by atoms with E-state index in [1.54, 1.807) is 5.38 Å². The minimum absolute atomic E-state index is 0.277. The number of para-hydroxylation sites is 3. The molecule has 5 rings (SSSR count). The summed E-state index contributed by atoms with van der Waals surface area (Å²) in [5.74, 6) is 0.143. The molecular weight excluding hydrogens is 370 g/mol. The number of amides is 1. The van der Waals surface area contributed by atoms with E-state index >= 15 is 0 Å². The van der Waals surface area contributed by atoms with Gasteiger partial charge in [-0.25, -0.2) is 9.97 Å². The highest BCUT2D eigenvalue weighted by atomic mass is 32.1. The molecule has 138 valence electrons. The molecule has 0 spiro atoms. The predicted octanol–water partition coefficient (Wildman–Crippen LogP) is 4.91. The molecule has 6 nitrogen and oxygen atoms in total. The zero-order valence-corrected chi connectivity index (χ0v) is 16.0. The Balaban J connectivity index is 1.45. The van der Waals surface area contributed by atoms with Gasteiger partial charge in [0.1, 0.15) is 10.7 Å². The molecule has 0 aliphatic rings. The van der Waals surface area contributed by atoms with Crippen molar-refractivity contribution < 1.29 is 4.79 Å². The number of H-pyrrole nitrogens is 1. The fraction of sp³-hybridized carbons (Fsp3) is 0.0952. The molecule has 2 N–H and O–H groups in total. The number of aromatic nitrogens is 4. The molecule has 0 fully saturated rings. The number of nitrogens with one attached hydrogen (secondary N) is 2. The number of fused-ring (bicyclic) bond motifs is 2. The highest BCUT2D eigenvalue weighted by molar-refractivity contribution is 7.13. The van der Waals surface area contributed by atoms with Crippen LogP contribution < -0.4 is 5.32 Å². The molecule has 2 aromatic carbocycles. The van der Waals surface area contributed by atoms with Crippen molar-refractivity contribution in [1.29, 1.82) is 0 Å². The highest BCUT2D eigenvalue weighted by Crippen LogP contribution is 2.30. The summed E-state index contributed by atoms with van der Waals surface area (Å²) in [6, 6.07) is 18.0. The number of imidazole rings is 1. The second-order valence-electron chi connectivity index (χ2n) is 6.43. The molecule has 28 heavy (non-hydrogen) atoms. The molecule has 0 radical (unpaired) electrons. The maximum atomic E-state index is 12.6. The van der Waals surface area contributed by atoms with Gasteiger partial charge in [-0.3, -0.25) is 10.1 Å². The van der Waals surface area contributed by atoms with Crippen LogP contribution in [-0.2, 0) is 6.54 Å². The standard InChI is InChI=1S/C21H17N5OS/c1-2-26-17-10-6-3-7-13(17)11-18(26)20-22-16(12-28-20)19(27)25-21-23-14-8-4-5-9-15(14)24-21/h3-12H,2H2,1H3,(H2,23,24,25,27). The number of anilines is 1. The molecule has 1 amide bonds. The first-order valence-electron chi connectivity index (χ1n) is 9.03. The smallest absolute Gasteiger partial charge is 0.277 e. The Morgan fingerprint density at radius 3 is 2.82 bits per heavy atom. The molecule has 3 heterocycles. The SMILES string of the molecule is CCn1c(-c2nc(C(=O)Nc3nc4ccccc4[nH]3)cs2)cc2ccccc21. The molecule has 0 unspecified atom stereocenters. The Hall–Kier alpha value is -3.45. The van der Waals surface area contributed by atoms with Crippen LogP contribution in [0.5, 0.6) is 0 Å². The Kier molecular flexibility index (Phi) is 3.95. The minimum Gasteiger partial charge on any atom is -0.339 e. The van der Waals surface area contributed by atoms with Crippen molar-refractivity contribution in [3.63, 3.8) is 0 Å². The molecule has 0 bridgehead atoms. The third-order valence-electron chi connectivity index (χ3n) is 4.70. The summed E-state index contributed by atoms with van der Waals surface area (Å²) in [4.78, 5) is 24.7. The van der Waals surface area contributed by atoms with Gasteiger partial charge in [0.25, 0.3) is 5.91 Å². The number of hydrogen-bond donors (Lipinski definition) is 2. The first-order chi connectivity index (χ1) is 13.7. The number of nitrogens with zero attached hydrogens (tertiary/aromatic N) is 3. The molecule has 5 aromatic rings. The Bertz CT molecular complexity index is 1280. The van der Waals surface area contributed by atoms with Crippen LogP contribution in [0, 0.1) is 0 Å². The summed E-state index contributed by atoms with van der Waals surface area (Å²) in [6.07, 6.45) is 0. The number of benzene rings is 2. The van der Waals surface area contributed by atoms with Crippen LogP contribution in [0.1, 0.15) is 17.4 Å². The highest BCUT2D eigenvalue weighted by Gasteiger charge is 2.17. The summed E-state index contributed by atoms with van der Waals surface area (Å²) >= 11 is 1.47. The summed E-state index contributed by atoms with van der Waals surface area (Å²) in [5.41, 5.74) is 4.27. The van der Waals surface area contributed by atoms with Gasteiger partial charge in [0, 0.05) is 22.8 Å². The van der Waals surface area contributed by atoms with Crippen molar-refractivity contribution in [2.24, 2.45) is 0 Å². The van der Waals surface area contributed by atoms with E-state index in [1.165, 1.54) is 22.2 Å². The van der Waals surface area contributed by atoms with Gasteiger partial charge in [-0.2, -0.15) is 0 Å². The second-order valence-corrected chi connectivity index (χ2v) is 7.29. The number of hydrogen-bond acceptors (Lipinski definition) is 4. The van der Waals surface area contributed by atoms with Crippen molar-refractivity contribution in [1.82, 2.24) is 19.5 Å². The lowest BCUT2D eigenvalue weighted by Crippen LogP contribution is -2.13. The van der Waals surface area contributed by atoms with Crippen LogP contribution >= 0.6 is 11.3 Å². The van der Waals surface area contributed by atoms with Crippen molar-refractivity contribution >= 4 is 45.1 Å². The zero-order valence-electron chi connectivity index (χ0n) is 15.1. The van der Waals surface area contributed by atoms with E-state index in [4.69, 9.17) is 0 Å². The molecule has 3 aromatic heterocycles. The van der Waals surface area contributed by atoms with Crippen molar-refractivity contribution in [3.05, 3.63) is 65.7 Å². The van der Waals surface area contributed by atoms with Crippen LogP contribution in [0.2, 0.25) is 0 Å². The van der Waals surface area contributed by atoms with Gasteiger partial charge < -0.3 is 9.55 Å². The predicted molar refractivity (Wildman–Crippen MR) is 113 cm³/mol. The van der Waals surface area contributed by atoms with Crippen LogP contribution in [0.25, 0.3) is 32.6 Å². The molecule has 0 aliphatic heterocycles. The molecular formula is C21H17N5OS. The van der Waals surface area contributed by atoms with E-state index in [2.05, 4.69) is 50.0 Å². The van der Waals surface area contributed by atoms with Crippen molar-refractivity contribution in [2.45, 2.75) is 13.5 Å². The molecule has 7 heteroatoms. The molecule has 0 aliphatic carbocycles. The number of aromatic amines is 1. The maximum Gasteiger partial charge on any atom is 0.277 e. The third-order valence-corrected chi connectivity index (χ3v) is 5.57. The fourth-order valence-corrected chi connectivity index (χ4v) is 4.23. The van der Waals surface area contributed by atoms with Gasteiger partial charge in [-0.1, -0.05) is 30.3 Å². The normalized spacial score (nSPS) is 11.3. The monoisotopic (exact) mass is 387 g/mol. The lowest BCUT2D eigenvalue weighted by atomic mass is 10.2. The van der Waals surface area contributed by atoms with Crippen LogP contribution in [0.15, 0.2) is 60.0 Å². The van der Waals surface area contributed by atoms with Crippen LogP contribution in [-0.4, -0.2) is 25.4 Å². The van der Waals surface area contributed by atoms with E-state index in [9.17, 15) is 4.79 Å². The summed E-state index contributed by atoms with van der Waals surface area (Å²) < 4.78 is 2.22. The van der Waals surface area contributed by atoms with Crippen molar-refractivity contribution in [3.8, 4) is 10.7 Å². The summed E-state index contributed by atoms with van der Waals surface area (Å²) in [7, 11) is 0. The van der Waals surface area contributed by atoms with Gasteiger partial charge in [0.2, 0.25) is 5.95 Å². The lowest BCUT2D eigenvalue weighted by molar-refractivity contribution is 0.102. The maximum absolute atomic E-state index is 12.6. The van der Waals surface area contributed by atoms with E-state index in [0.717, 1.165) is 28.3 Å². The first-order valence-corrected chi connectivity index (χ1v) is 9.91. The van der Waals surface area contributed by atoms with E-state index in [0.29, 0.717) is 11.6 Å². The Labute approximate surface area is 164 Å². The topological polar surface area (TPSA) is 75.6 Å². The quantitative estimate of drug-likeness (QED) is 0.460. The molecule has 0 saturated carbocycles. The number of rotatable bonds is 4. The summed E-state index contributed by atoms with van der Waals surface area (Å²) in [6.45, 7) is 2.95. The second kappa shape index (κ2) is 6.61. The van der Waals surface area contributed by atoms with E-state index in [1.807, 2.05) is 36.4 Å².